The third-order valence-corrected chi connectivity index (χ3v) is 3.57. The second-order valence-electron chi connectivity index (χ2n) is 4.23. The van der Waals surface area contributed by atoms with Crippen molar-refractivity contribution in [2.45, 2.75) is 39.7 Å². The van der Waals surface area contributed by atoms with Gasteiger partial charge in [0, 0.05) is 25.5 Å². The number of nitrogens with one attached hydrogen (secondary N) is 1. The van der Waals surface area contributed by atoms with Gasteiger partial charge in [-0.2, -0.15) is 11.8 Å². The molecular weight excluding hydrogens is 206 g/mol. The number of thioether (sulfide) groups is 1. The Morgan fingerprint density at radius 1 is 1.33 bits per heavy atom. The minimum Gasteiger partial charge on any atom is -0.385 e. The monoisotopic (exact) mass is 233 g/mol. The third kappa shape index (κ3) is 9.21. The second-order valence-corrected chi connectivity index (χ2v) is 5.38. The quantitative estimate of drug-likeness (QED) is 0.586. The van der Waals surface area contributed by atoms with E-state index in [4.69, 9.17) is 4.74 Å². The zero-order chi connectivity index (χ0) is 11.5. The van der Waals surface area contributed by atoms with Crippen LogP contribution in [0.3, 0.4) is 0 Å². The fourth-order valence-electron chi connectivity index (χ4n) is 1.33. The van der Waals surface area contributed by atoms with Crippen LogP contribution < -0.4 is 5.32 Å². The van der Waals surface area contributed by atoms with Crippen LogP contribution in [0.5, 0.6) is 0 Å². The highest BCUT2D eigenvalue weighted by Gasteiger charge is 2.11. The van der Waals surface area contributed by atoms with Crippen LogP contribution in [-0.2, 0) is 4.74 Å². The predicted octanol–water partition coefficient (Wildman–Crippen LogP) is 2.78. The summed E-state index contributed by atoms with van der Waals surface area (Å²) < 4.78 is 5.03. The van der Waals surface area contributed by atoms with Crippen molar-refractivity contribution in [3.63, 3.8) is 0 Å². The van der Waals surface area contributed by atoms with Gasteiger partial charge in [0.15, 0.2) is 0 Å². The lowest BCUT2D eigenvalue weighted by molar-refractivity contribution is 0.200. The largest absolute Gasteiger partial charge is 0.385 e. The van der Waals surface area contributed by atoms with E-state index in [1.807, 2.05) is 11.8 Å². The van der Waals surface area contributed by atoms with Crippen molar-refractivity contribution in [3.05, 3.63) is 0 Å². The average Bonchev–Trinajstić information content (AvgIpc) is 2.21. The Kier molecular flexibility index (Phi) is 11.0. The van der Waals surface area contributed by atoms with Crippen LogP contribution in [0.1, 0.15) is 33.6 Å². The minimum absolute atomic E-state index is 0.664. The molecule has 1 unspecified atom stereocenters. The van der Waals surface area contributed by atoms with Crippen molar-refractivity contribution in [2.24, 2.45) is 5.92 Å². The van der Waals surface area contributed by atoms with E-state index < -0.39 is 0 Å². The topological polar surface area (TPSA) is 21.3 Å². The van der Waals surface area contributed by atoms with Crippen molar-refractivity contribution in [1.29, 1.82) is 0 Å². The first-order valence-corrected chi connectivity index (χ1v) is 7.17. The van der Waals surface area contributed by atoms with E-state index >= 15 is 0 Å². The summed E-state index contributed by atoms with van der Waals surface area (Å²) in [6.07, 6.45) is 2.39. The molecule has 1 atom stereocenters. The van der Waals surface area contributed by atoms with Crippen molar-refractivity contribution in [1.82, 2.24) is 5.32 Å². The van der Waals surface area contributed by atoms with E-state index in [9.17, 15) is 0 Å². The van der Waals surface area contributed by atoms with Crippen LogP contribution in [0.15, 0.2) is 0 Å². The molecule has 0 heterocycles. The molecule has 0 aromatic carbocycles. The van der Waals surface area contributed by atoms with Gasteiger partial charge in [-0.15, -0.1) is 0 Å². The highest BCUT2D eigenvalue weighted by Crippen LogP contribution is 2.11. The molecule has 0 saturated heterocycles. The van der Waals surface area contributed by atoms with Gasteiger partial charge in [0.2, 0.25) is 0 Å². The third-order valence-electron chi connectivity index (χ3n) is 2.40. The molecule has 3 heteroatoms. The van der Waals surface area contributed by atoms with E-state index in [2.05, 4.69) is 26.1 Å². The molecule has 0 aliphatic rings. The molecule has 0 aromatic heterocycles. The molecule has 0 aliphatic heterocycles. The van der Waals surface area contributed by atoms with Crippen molar-refractivity contribution >= 4 is 11.8 Å². The summed E-state index contributed by atoms with van der Waals surface area (Å²) in [7, 11) is 1.77. The molecule has 0 spiro atoms. The van der Waals surface area contributed by atoms with Crippen LogP contribution in [0.25, 0.3) is 0 Å². The first-order valence-electron chi connectivity index (χ1n) is 6.02. The maximum Gasteiger partial charge on any atom is 0.0470 e. The first kappa shape index (κ1) is 15.3. The summed E-state index contributed by atoms with van der Waals surface area (Å²) in [4.78, 5) is 0. The fraction of sp³-hybridized carbons (Fsp3) is 1.00. The fourth-order valence-corrected chi connectivity index (χ4v) is 2.58. The second kappa shape index (κ2) is 10.8. The number of hydrogen-bond acceptors (Lipinski definition) is 3. The van der Waals surface area contributed by atoms with Crippen molar-refractivity contribution in [3.8, 4) is 0 Å². The van der Waals surface area contributed by atoms with E-state index in [1.54, 1.807) is 7.11 Å². The Labute approximate surface area is 99.5 Å². The molecule has 0 aliphatic carbocycles. The lowest BCUT2D eigenvalue weighted by Crippen LogP contribution is -2.36. The minimum atomic E-state index is 0.664. The summed E-state index contributed by atoms with van der Waals surface area (Å²) in [6, 6.07) is 0.664. The van der Waals surface area contributed by atoms with Gasteiger partial charge in [-0.05, 0) is 31.1 Å². The molecule has 0 amide bonds. The molecule has 0 saturated carbocycles. The molecule has 0 bridgehead atoms. The van der Waals surface area contributed by atoms with Gasteiger partial charge in [-0.3, -0.25) is 0 Å². The van der Waals surface area contributed by atoms with Gasteiger partial charge in [0.1, 0.15) is 0 Å². The molecule has 92 valence electrons. The number of methoxy groups -OCH3 is 1. The van der Waals surface area contributed by atoms with Gasteiger partial charge >= 0.3 is 0 Å². The Balaban J connectivity index is 3.48. The Hall–Kier alpha value is 0.270. The number of ether oxygens (including phenoxy) is 1. The zero-order valence-corrected chi connectivity index (χ0v) is 11.5. The molecule has 0 aromatic rings. The Morgan fingerprint density at radius 2 is 2.07 bits per heavy atom. The number of hydrogen-bond donors (Lipinski definition) is 1. The maximum absolute atomic E-state index is 5.03. The average molecular weight is 233 g/mol. The highest BCUT2D eigenvalue weighted by atomic mass is 32.2. The van der Waals surface area contributed by atoms with Gasteiger partial charge < -0.3 is 10.1 Å². The van der Waals surface area contributed by atoms with E-state index in [-0.39, 0.29) is 0 Å². The van der Waals surface area contributed by atoms with Crippen LogP contribution in [0, 0.1) is 5.92 Å². The predicted molar refractivity (Wildman–Crippen MR) is 70.7 cm³/mol. The zero-order valence-electron chi connectivity index (χ0n) is 10.7. The van der Waals surface area contributed by atoms with Gasteiger partial charge in [-0.25, -0.2) is 0 Å². The SMILES string of the molecule is CCCNC(CSCCCOC)C(C)C. The molecule has 0 radical (unpaired) electrons. The lowest BCUT2D eigenvalue weighted by Gasteiger charge is -2.21. The lowest BCUT2D eigenvalue weighted by atomic mass is 10.1. The molecule has 0 fully saturated rings. The van der Waals surface area contributed by atoms with Crippen LogP contribution in [-0.4, -0.2) is 37.8 Å². The van der Waals surface area contributed by atoms with Crippen LogP contribution in [0.4, 0.5) is 0 Å². The highest BCUT2D eigenvalue weighted by molar-refractivity contribution is 7.99. The van der Waals surface area contributed by atoms with Gasteiger partial charge in [0.05, 0.1) is 0 Å². The molecule has 1 N–H and O–H groups in total. The molecule has 0 rings (SSSR count). The van der Waals surface area contributed by atoms with Crippen molar-refractivity contribution in [2.75, 3.05) is 31.8 Å². The maximum atomic E-state index is 5.03. The summed E-state index contributed by atoms with van der Waals surface area (Å²) in [5.74, 6) is 3.16. The van der Waals surface area contributed by atoms with Gasteiger partial charge in [-0.1, -0.05) is 20.8 Å². The Bertz CT molecular complexity index is 131. The summed E-state index contributed by atoms with van der Waals surface area (Å²) in [6.45, 7) is 8.84. The standard InChI is InChI=1S/C12H27NOS/c1-5-7-13-12(11(2)3)10-15-9-6-8-14-4/h11-13H,5-10H2,1-4H3. The van der Waals surface area contributed by atoms with E-state index in [1.165, 1.54) is 24.3 Å². The first-order chi connectivity index (χ1) is 7.22. The van der Waals surface area contributed by atoms with E-state index in [0.717, 1.165) is 19.1 Å². The van der Waals surface area contributed by atoms with Crippen LogP contribution >= 0.6 is 11.8 Å². The van der Waals surface area contributed by atoms with Gasteiger partial charge in [0.25, 0.3) is 0 Å². The Morgan fingerprint density at radius 3 is 2.60 bits per heavy atom. The molecule has 2 nitrogen and oxygen atoms in total. The summed E-state index contributed by atoms with van der Waals surface area (Å²) in [5.41, 5.74) is 0. The molecular formula is C12H27NOS. The van der Waals surface area contributed by atoms with Crippen molar-refractivity contribution < 1.29 is 4.74 Å². The normalized spacial score (nSPS) is 13.4. The molecule has 15 heavy (non-hydrogen) atoms. The van der Waals surface area contributed by atoms with Crippen LogP contribution in [0.2, 0.25) is 0 Å². The number of rotatable bonds is 10. The summed E-state index contributed by atoms with van der Waals surface area (Å²) in [5, 5.41) is 3.61. The van der Waals surface area contributed by atoms with E-state index in [0.29, 0.717) is 6.04 Å². The smallest absolute Gasteiger partial charge is 0.0470 e. The summed E-state index contributed by atoms with van der Waals surface area (Å²) >= 11 is 2.04.